The molecule has 0 radical (unpaired) electrons. The lowest BCUT2D eigenvalue weighted by molar-refractivity contribution is 0.473. The summed E-state index contributed by atoms with van der Waals surface area (Å²) in [4.78, 5) is 4.32. The van der Waals surface area contributed by atoms with Crippen molar-refractivity contribution >= 4 is 5.70 Å². The maximum absolute atomic E-state index is 5.08. The molecule has 1 aliphatic heterocycles. The summed E-state index contributed by atoms with van der Waals surface area (Å²) in [5.74, 6) is 0. The highest BCUT2D eigenvalue weighted by molar-refractivity contribution is 5.85. The fourth-order valence-electron chi connectivity index (χ4n) is 4.74. The van der Waals surface area contributed by atoms with Gasteiger partial charge in [0.15, 0.2) is 0 Å². The molecule has 3 aromatic rings. The molecule has 6 heteroatoms. The Bertz CT molecular complexity index is 1120. The van der Waals surface area contributed by atoms with Gasteiger partial charge in [0.05, 0.1) is 22.8 Å². The fraction of sp³-hybridized carbons (Fsp3) is 0.304. The maximum Gasteiger partial charge on any atom is 0.105 e. The van der Waals surface area contributed by atoms with Crippen molar-refractivity contribution in [1.29, 1.82) is 0 Å². The average Bonchev–Trinajstić information content (AvgIpc) is 3.69. The minimum absolute atomic E-state index is 0.179. The largest absolute Gasteiger partial charge is 0.310 e. The molecule has 3 heterocycles. The van der Waals surface area contributed by atoms with Gasteiger partial charge in [0.25, 0.3) is 0 Å². The van der Waals surface area contributed by atoms with Crippen LogP contribution in [0.2, 0.25) is 0 Å². The van der Waals surface area contributed by atoms with E-state index in [1.165, 1.54) is 41.1 Å². The van der Waals surface area contributed by atoms with Gasteiger partial charge in [-0.2, -0.15) is 5.10 Å². The van der Waals surface area contributed by atoms with Gasteiger partial charge in [-0.05, 0) is 62.6 Å². The Labute approximate surface area is 170 Å². The van der Waals surface area contributed by atoms with E-state index >= 15 is 0 Å². The van der Waals surface area contributed by atoms with E-state index in [1.54, 1.807) is 0 Å². The summed E-state index contributed by atoms with van der Waals surface area (Å²) < 4.78 is 2.12. The molecule has 6 nitrogen and oxygen atoms in total. The van der Waals surface area contributed by atoms with Gasteiger partial charge in [-0.1, -0.05) is 12.1 Å². The van der Waals surface area contributed by atoms with Gasteiger partial charge >= 0.3 is 0 Å². The third kappa shape index (κ3) is 2.42. The first kappa shape index (κ1) is 16.9. The van der Waals surface area contributed by atoms with Crippen molar-refractivity contribution < 1.29 is 0 Å². The average molecular weight is 384 g/mol. The van der Waals surface area contributed by atoms with Crippen molar-refractivity contribution in [2.45, 2.75) is 31.2 Å². The van der Waals surface area contributed by atoms with Crippen LogP contribution in [0.3, 0.4) is 0 Å². The fourth-order valence-corrected chi connectivity index (χ4v) is 4.74. The van der Waals surface area contributed by atoms with Crippen LogP contribution >= 0.6 is 0 Å². The highest BCUT2D eigenvalue weighted by Gasteiger charge is 2.44. The summed E-state index contributed by atoms with van der Waals surface area (Å²) >= 11 is 0. The Morgan fingerprint density at radius 3 is 2.52 bits per heavy atom. The number of benzene rings is 1. The van der Waals surface area contributed by atoms with Crippen molar-refractivity contribution in [3.05, 3.63) is 71.3 Å². The van der Waals surface area contributed by atoms with Crippen molar-refractivity contribution in [3.63, 3.8) is 0 Å². The molecule has 1 aromatic carbocycles. The van der Waals surface area contributed by atoms with Gasteiger partial charge in [0.2, 0.25) is 0 Å². The number of hydrogen-bond acceptors (Lipinski definition) is 5. The van der Waals surface area contributed by atoms with Crippen LogP contribution < -0.4 is 10.7 Å². The van der Waals surface area contributed by atoms with Gasteiger partial charge in [0.1, 0.15) is 5.70 Å². The first-order valence-corrected chi connectivity index (χ1v) is 10.3. The lowest BCUT2D eigenvalue weighted by atomic mass is 9.98. The highest BCUT2D eigenvalue weighted by atomic mass is 15.6. The van der Waals surface area contributed by atoms with Crippen LogP contribution in [0.25, 0.3) is 22.6 Å². The predicted octanol–water partition coefficient (Wildman–Crippen LogP) is 3.21. The van der Waals surface area contributed by atoms with Crippen LogP contribution in [-0.4, -0.2) is 33.9 Å². The van der Waals surface area contributed by atoms with E-state index in [9.17, 15) is 0 Å². The van der Waals surface area contributed by atoms with Crippen LogP contribution in [0.4, 0.5) is 0 Å². The molecular formula is C23H24N6. The van der Waals surface area contributed by atoms with Crippen molar-refractivity contribution in [2.24, 2.45) is 0 Å². The minimum atomic E-state index is 0.179. The first-order valence-electron chi connectivity index (χ1n) is 10.3. The molecule has 2 N–H and O–H groups in total. The monoisotopic (exact) mass is 384 g/mol. The molecular weight excluding hydrogens is 360 g/mol. The molecule has 0 amide bonds. The highest BCUT2D eigenvalue weighted by Crippen LogP contribution is 2.49. The zero-order valence-electron chi connectivity index (χ0n) is 16.7. The zero-order chi connectivity index (χ0) is 19.6. The molecule has 146 valence electrons. The maximum atomic E-state index is 5.08. The van der Waals surface area contributed by atoms with E-state index < -0.39 is 0 Å². The molecule has 0 atom stereocenters. The summed E-state index contributed by atoms with van der Waals surface area (Å²) in [5, 5.41) is 10.7. The van der Waals surface area contributed by atoms with Gasteiger partial charge in [-0.25, -0.2) is 10.1 Å². The van der Waals surface area contributed by atoms with Crippen LogP contribution in [0.1, 0.15) is 36.1 Å². The van der Waals surface area contributed by atoms with Gasteiger partial charge in [0, 0.05) is 36.1 Å². The first-order chi connectivity index (χ1) is 14.3. The van der Waals surface area contributed by atoms with E-state index in [2.05, 4.69) is 62.8 Å². The lowest BCUT2D eigenvalue weighted by Crippen LogP contribution is -2.24. The van der Waals surface area contributed by atoms with Crippen molar-refractivity contribution in [2.75, 3.05) is 14.1 Å². The number of hydrazine groups is 1. The second kappa shape index (κ2) is 6.02. The Kier molecular flexibility index (Phi) is 3.52. The summed E-state index contributed by atoms with van der Waals surface area (Å²) in [6, 6.07) is 13.0. The molecule has 2 aromatic heterocycles. The standard InChI is InChI=1S/C23H24N6/c1-24-23(11-12-23)16-5-7-17(8-6-16)28-21-18(9-10-19-22(21)29(19)25-2)20(27-28)15-4-3-13-26-14-15/h3-8,13-14,24-25H,9-12H2,1-2H3. The smallest absolute Gasteiger partial charge is 0.105 e. The Morgan fingerprint density at radius 1 is 1.03 bits per heavy atom. The topological polar surface area (TPSA) is 57.8 Å². The molecule has 0 spiro atoms. The van der Waals surface area contributed by atoms with Gasteiger partial charge in [-0.3, -0.25) is 9.99 Å². The third-order valence-electron chi connectivity index (χ3n) is 6.59. The summed E-state index contributed by atoms with van der Waals surface area (Å²) in [6.45, 7) is 0. The molecule has 1 saturated carbocycles. The van der Waals surface area contributed by atoms with Crippen LogP contribution in [0.15, 0.2) is 54.5 Å². The SMILES string of the molecule is CNN1C2=C1c1c(c(-c3cccnc3)nn1-c1ccc(C3(NC)CC3)cc1)CC2. The number of hydrogen-bond donors (Lipinski definition) is 2. The van der Waals surface area contributed by atoms with Crippen LogP contribution in [0, 0.1) is 0 Å². The molecule has 6 rings (SSSR count). The second-order valence-corrected chi connectivity index (χ2v) is 8.06. The van der Waals surface area contributed by atoms with Crippen LogP contribution in [-0.2, 0) is 12.0 Å². The molecule has 1 fully saturated rings. The molecule has 0 bridgehead atoms. The Morgan fingerprint density at radius 2 is 1.86 bits per heavy atom. The summed E-state index contributed by atoms with van der Waals surface area (Å²) in [6.07, 6.45) is 8.18. The lowest BCUT2D eigenvalue weighted by Gasteiger charge is -2.15. The molecule has 0 saturated heterocycles. The quantitative estimate of drug-likeness (QED) is 0.707. The summed E-state index contributed by atoms with van der Waals surface area (Å²) in [7, 11) is 4.03. The molecule has 2 aliphatic carbocycles. The number of pyridine rings is 1. The second-order valence-electron chi connectivity index (χ2n) is 8.06. The van der Waals surface area contributed by atoms with E-state index in [0.717, 1.165) is 29.8 Å². The Balaban J connectivity index is 1.48. The van der Waals surface area contributed by atoms with Crippen molar-refractivity contribution in [1.82, 2.24) is 30.5 Å². The normalized spacial score (nSPS) is 18.5. The number of aromatic nitrogens is 3. The molecule has 29 heavy (non-hydrogen) atoms. The molecule has 0 unspecified atom stereocenters. The Hall–Kier alpha value is -2.96. The number of nitrogens with one attached hydrogen (secondary N) is 2. The van der Waals surface area contributed by atoms with Gasteiger partial charge < -0.3 is 5.32 Å². The van der Waals surface area contributed by atoms with Crippen molar-refractivity contribution in [3.8, 4) is 16.9 Å². The third-order valence-corrected chi connectivity index (χ3v) is 6.59. The number of rotatable bonds is 5. The number of allylic oxidation sites excluding steroid dienone is 1. The number of nitrogens with zero attached hydrogens (tertiary/aromatic N) is 4. The zero-order valence-corrected chi connectivity index (χ0v) is 16.7. The van der Waals surface area contributed by atoms with Crippen LogP contribution in [0.5, 0.6) is 0 Å². The van der Waals surface area contributed by atoms with E-state index in [1.807, 2.05) is 25.5 Å². The summed E-state index contributed by atoms with van der Waals surface area (Å²) in [5.41, 5.74) is 13.2. The number of fused-ring (bicyclic) bond motifs is 2. The van der Waals surface area contributed by atoms with Gasteiger partial charge in [-0.15, -0.1) is 0 Å². The molecule has 3 aliphatic rings. The van der Waals surface area contributed by atoms with E-state index in [-0.39, 0.29) is 5.54 Å². The van der Waals surface area contributed by atoms with E-state index in [4.69, 9.17) is 5.10 Å². The van der Waals surface area contributed by atoms with E-state index in [0.29, 0.717) is 0 Å². The minimum Gasteiger partial charge on any atom is -0.310 e. The predicted molar refractivity (Wildman–Crippen MR) is 113 cm³/mol.